The van der Waals surface area contributed by atoms with Gasteiger partial charge in [0.15, 0.2) is 0 Å². The largest absolute Gasteiger partial charge is 0.350 e. The maximum Gasteiger partial charge on any atom is 0.319 e. The van der Waals surface area contributed by atoms with Gasteiger partial charge in [0.1, 0.15) is 0 Å². The van der Waals surface area contributed by atoms with E-state index in [4.69, 9.17) is 17.3 Å². The third-order valence-electron chi connectivity index (χ3n) is 3.67. The first-order valence-electron chi connectivity index (χ1n) is 8.63. The molecule has 0 aromatic heterocycles. The van der Waals surface area contributed by atoms with Crippen LogP contribution in [-0.4, -0.2) is 24.0 Å². The van der Waals surface area contributed by atoms with Crippen molar-refractivity contribution in [1.82, 2.24) is 10.6 Å². The number of urea groups is 1. The number of nitrogens with one attached hydrogen (secondary N) is 3. The van der Waals surface area contributed by atoms with Crippen LogP contribution in [0.1, 0.15) is 42.7 Å². The fourth-order valence-electron chi connectivity index (χ4n) is 2.40. The molecule has 2 aromatic carbocycles. The van der Waals surface area contributed by atoms with Crippen LogP contribution in [0.5, 0.6) is 0 Å². The van der Waals surface area contributed by atoms with Crippen LogP contribution in [0.25, 0.3) is 0 Å². The fourth-order valence-corrected chi connectivity index (χ4v) is 2.60. The minimum Gasteiger partial charge on any atom is -0.350 e. The summed E-state index contributed by atoms with van der Waals surface area (Å²) in [6, 6.07) is 13.6. The minimum absolute atomic E-state index is 0. The van der Waals surface area contributed by atoms with Crippen molar-refractivity contribution in [1.29, 1.82) is 0 Å². The molecule has 1 unspecified atom stereocenters. The van der Waals surface area contributed by atoms with Gasteiger partial charge in [-0.15, -0.1) is 12.4 Å². The van der Waals surface area contributed by atoms with Crippen molar-refractivity contribution < 1.29 is 9.59 Å². The summed E-state index contributed by atoms with van der Waals surface area (Å²) in [6.45, 7) is 5.90. The fraction of sp³-hybridized carbons (Fsp3) is 0.300. The Morgan fingerprint density at radius 1 is 1.11 bits per heavy atom. The van der Waals surface area contributed by atoms with Crippen molar-refractivity contribution in [3.05, 3.63) is 64.7 Å². The molecule has 0 saturated heterocycles. The lowest BCUT2D eigenvalue weighted by Gasteiger charge is -2.21. The number of hydrogen-bond acceptors (Lipinski definition) is 3. The van der Waals surface area contributed by atoms with E-state index >= 15 is 0 Å². The van der Waals surface area contributed by atoms with E-state index in [2.05, 4.69) is 16.0 Å². The molecule has 0 fully saturated rings. The average Bonchev–Trinajstić information content (AvgIpc) is 2.60. The van der Waals surface area contributed by atoms with Gasteiger partial charge in [0.25, 0.3) is 5.91 Å². The summed E-state index contributed by atoms with van der Waals surface area (Å²) >= 11 is 6.15. The topological polar surface area (TPSA) is 96.2 Å². The van der Waals surface area contributed by atoms with Crippen molar-refractivity contribution in [2.24, 2.45) is 5.73 Å². The molecule has 28 heavy (non-hydrogen) atoms. The zero-order valence-corrected chi connectivity index (χ0v) is 17.7. The molecule has 0 bridgehead atoms. The van der Waals surface area contributed by atoms with Gasteiger partial charge in [-0.05, 0) is 44.5 Å². The Morgan fingerprint density at radius 3 is 2.36 bits per heavy atom. The Hall–Kier alpha value is -2.28. The number of halogens is 2. The second-order valence-electron chi connectivity index (χ2n) is 7.25. The van der Waals surface area contributed by atoms with Crippen molar-refractivity contribution >= 4 is 41.6 Å². The molecule has 2 aromatic rings. The number of hydrogen-bond donors (Lipinski definition) is 4. The van der Waals surface area contributed by atoms with E-state index in [1.807, 2.05) is 51.1 Å². The first kappa shape index (κ1) is 23.8. The average molecular weight is 425 g/mol. The Labute approximate surface area is 176 Å². The number of amides is 3. The number of rotatable bonds is 5. The van der Waals surface area contributed by atoms with Crippen LogP contribution in [0.3, 0.4) is 0 Å². The van der Waals surface area contributed by atoms with Gasteiger partial charge in [-0.2, -0.15) is 0 Å². The van der Waals surface area contributed by atoms with Gasteiger partial charge in [-0.1, -0.05) is 41.9 Å². The molecule has 2 rings (SSSR count). The van der Waals surface area contributed by atoms with Crippen molar-refractivity contribution in [2.45, 2.75) is 32.4 Å². The van der Waals surface area contributed by atoms with Gasteiger partial charge in [0, 0.05) is 23.8 Å². The van der Waals surface area contributed by atoms with Gasteiger partial charge in [0.05, 0.1) is 10.6 Å². The maximum atomic E-state index is 12.5. The van der Waals surface area contributed by atoms with Crippen LogP contribution in [0.2, 0.25) is 5.02 Å². The highest BCUT2D eigenvalue weighted by Crippen LogP contribution is 2.21. The quantitative estimate of drug-likeness (QED) is 0.581. The summed E-state index contributed by atoms with van der Waals surface area (Å²) in [5, 5.41) is 8.56. The van der Waals surface area contributed by atoms with Crippen molar-refractivity contribution in [3.8, 4) is 0 Å². The van der Waals surface area contributed by atoms with Gasteiger partial charge < -0.3 is 21.7 Å². The van der Waals surface area contributed by atoms with Crippen molar-refractivity contribution in [2.75, 3.05) is 11.9 Å². The first-order valence-corrected chi connectivity index (χ1v) is 9.01. The molecule has 0 aliphatic rings. The molecule has 0 heterocycles. The molecule has 3 amide bonds. The van der Waals surface area contributed by atoms with E-state index in [9.17, 15) is 9.59 Å². The summed E-state index contributed by atoms with van der Waals surface area (Å²) < 4.78 is 0. The van der Waals surface area contributed by atoms with Gasteiger partial charge in [0.2, 0.25) is 0 Å². The smallest absolute Gasteiger partial charge is 0.319 e. The van der Waals surface area contributed by atoms with Crippen LogP contribution >= 0.6 is 24.0 Å². The second-order valence-corrected chi connectivity index (χ2v) is 7.66. The summed E-state index contributed by atoms with van der Waals surface area (Å²) in [4.78, 5) is 24.5. The van der Waals surface area contributed by atoms with Crippen LogP contribution in [0.15, 0.2) is 48.5 Å². The highest BCUT2D eigenvalue weighted by Gasteiger charge is 2.16. The Morgan fingerprint density at radius 2 is 1.75 bits per heavy atom. The molecule has 0 radical (unpaired) electrons. The third kappa shape index (κ3) is 7.38. The number of carbonyl (C=O) groups excluding carboxylic acids is 2. The molecule has 152 valence electrons. The Balaban J connectivity index is 0.00000392. The summed E-state index contributed by atoms with van der Waals surface area (Å²) in [5.74, 6) is -0.355. The zero-order chi connectivity index (χ0) is 20.0. The number of carbonyl (C=O) groups is 2. The second kappa shape index (κ2) is 10.3. The highest BCUT2D eigenvalue weighted by molar-refractivity contribution is 6.34. The van der Waals surface area contributed by atoms with E-state index in [1.54, 1.807) is 12.1 Å². The molecule has 0 spiro atoms. The van der Waals surface area contributed by atoms with Gasteiger partial charge >= 0.3 is 6.03 Å². The van der Waals surface area contributed by atoms with E-state index in [-0.39, 0.29) is 48.0 Å². The maximum absolute atomic E-state index is 12.5. The molecule has 0 saturated carbocycles. The lowest BCUT2D eigenvalue weighted by molar-refractivity contribution is 0.0951. The normalized spacial score (nSPS) is 11.8. The van der Waals surface area contributed by atoms with Crippen molar-refractivity contribution in [3.63, 3.8) is 0 Å². The molecule has 5 N–H and O–H groups in total. The van der Waals surface area contributed by atoms with Crippen LogP contribution in [0.4, 0.5) is 10.5 Å². The highest BCUT2D eigenvalue weighted by atomic mass is 35.5. The zero-order valence-electron chi connectivity index (χ0n) is 16.1. The predicted molar refractivity (Wildman–Crippen MR) is 116 cm³/mol. The van der Waals surface area contributed by atoms with E-state index < -0.39 is 0 Å². The SMILES string of the molecule is CC(C)(C)NC(=O)Nc1ccc(Cl)c(C(=O)NCC(N)c2ccccc2)c1.Cl. The molecule has 8 heteroatoms. The van der Waals surface area contributed by atoms with Crippen LogP contribution < -0.4 is 21.7 Å². The monoisotopic (exact) mass is 424 g/mol. The first-order chi connectivity index (χ1) is 12.7. The van der Waals surface area contributed by atoms with E-state index in [0.717, 1.165) is 5.56 Å². The third-order valence-corrected chi connectivity index (χ3v) is 4.00. The lowest BCUT2D eigenvalue weighted by atomic mass is 10.1. The van der Waals surface area contributed by atoms with E-state index in [0.29, 0.717) is 10.7 Å². The number of benzene rings is 2. The molecule has 1 atom stereocenters. The molecule has 6 nitrogen and oxygen atoms in total. The standard InChI is InChI=1S/C20H25ClN4O2.ClH/c1-20(2,3)25-19(27)24-14-9-10-16(21)15(11-14)18(26)23-12-17(22)13-7-5-4-6-8-13;/h4-11,17H,12,22H2,1-3H3,(H,23,26)(H2,24,25,27);1H. The Bertz CT molecular complexity index is 808. The van der Waals surface area contributed by atoms with E-state index in [1.165, 1.54) is 6.07 Å². The summed E-state index contributed by atoms with van der Waals surface area (Å²) in [5.41, 5.74) is 7.40. The van der Waals surface area contributed by atoms with Gasteiger partial charge in [-0.25, -0.2) is 4.79 Å². The number of anilines is 1. The summed E-state index contributed by atoms with van der Waals surface area (Å²) in [7, 11) is 0. The molecular formula is C20H26Cl2N4O2. The lowest BCUT2D eigenvalue weighted by Crippen LogP contribution is -2.43. The van der Waals surface area contributed by atoms with Crippen LogP contribution in [0, 0.1) is 0 Å². The minimum atomic E-state index is -0.371. The predicted octanol–water partition coefficient (Wildman–Crippen LogP) is 4.11. The van der Waals surface area contributed by atoms with Crippen LogP contribution in [-0.2, 0) is 0 Å². The van der Waals surface area contributed by atoms with Gasteiger partial charge in [-0.3, -0.25) is 4.79 Å². The molecular weight excluding hydrogens is 399 g/mol. The summed E-state index contributed by atoms with van der Waals surface area (Å²) in [6.07, 6.45) is 0. The number of nitrogens with two attached hydrogens (primary N) is 1. The molecule has 0 aliphatic heterocycles. The Kier molecular flexibility index (Phi) is 8.75. The molecule has 0 aliphatic carbocycles.